The molecule has 0 aromatic carbocycles. The van der Waals surface area contributed by atoms with E-state index in [1.807, 2.05) is 0 Å². The monoisotopic (exact) mass is 235 g/mol. The Hall–Kier alpha value is 0.0300. The van der Waals surface area contributed by atoms with Gasteiger partial charge in [-0.2, -0.15) is 0 Å². The quantitative estimate of drug-likeness (QED) is 0.656. The van der Waals surface area contributed by atoms with Crippen molar-refractivity contribution in [3.05, 3.63) is 0 Å². The van der Waals surface area contributed by atoms with Gasteiger partial charge in [0.05, 0.1) is 18.5 Å². The highest BCUT2D eigenvalue weighted by Crippen LogP contribution is 2.08. The molecule has 1 heterocycles. The predicted octanol–water partition coefficient (Wildman–Crippen LogP) is -0.426. The Labute approximate surface area is 93.7 Å². The average molecular weight is 235 g/mol. The second-order valence-corrected chi connectivity index (χ2v) is 5.67. The molecular formula is C10H21NO3S. The summed E-state index contributed by atoms with van der Waals surface area (Å²) < 4.78 is 11.5. The van der Waals surface area contributed by atoms with Gasteiger partial charge in [0.1, 0.15) is 0 Å². The molecule has 0 amide bonds. The maximum atomic E-state index is 11.5. The molecule has 0 bridgehead atoms. The van der Waals surface area contributed by atoms with Crippen LogP contribution in [0.25, 0.3) is 0 Å². The van der Waals surface area contributed by atoms with Crippen molar-refractivity contribution in [1.29, 1.82) is 0 Å². The van der Waals surface area contributed by atoms with Gasteiger partial charge in [-0.05, 0) is 25.9 Å². The van der Waals surface area contributed by atoms with Crippen LogP contribution >= 0.6 is 0 Å². The second kappa shape index (κ2) is 7.33. The van der Waals surface area contributed by atoms with Gasteiger partial charge in [0.2, 0.25) is 0 Å². The van der Waals surface area contributed by atoms with Crippen molar-refractivity contribution in [2.45, 2.75) is 25.4 Å². The number of hydrogen-bond donors (Lipinski definition) is 2. The highest BCUT2D eigenvalue weighted by atomic mass is 32.2. The summed E-state index contributed by atoms with van der Waals surface area (Å²) in [7, 11) is -1.00. The number of likely N-dealkylation sites (tertiary alicyclic amines) is 1. The number of aliphatic hydroxyl groups is 2. The minimum atomic E-state index is -1.00. The Morgan fingerprint density at radius 3 is 2.53 bits per heavy atom. The van der Waals surface area contributed by atoms with E-state index >= 15 is 0 Å². The Morgan fingerprint density at radius 1 is 1.27 bits per heavy atom. The minimum absolute atomic E-state index is 0.199. The molecule has 4 nitrogen and oxygen atoms in total. The van der Waals surface area contributed by atoms with Crippen LogP contribution in [-0.2, 0) is 10.8 Å². The van der Waals surface area contributed by atoms with Gasteiger partial charge in [-0.25, -0.2) is 0 Å². The zero-order chi connectivity index (χ0) is 11.1. The van der Waals surface area contributed by atoms with Gasteiger partial charge in [0.25, 0.3) is 0 Å². The van der Waals surface area contributed by atoms with Crippen molar-refractivity contribution < 1.29 is 14.4 Å². The van der Waals surface area contributed by atoms with Gasteiger partial charge < -0.3 is 15.1 Å². The third-order valence-corrected chi connectivity index (χ3v) is 4.07. The molecule has 1 aliphatic heterocycles. The lowest BCUT2D eigenvalue weighted by Gasteiger charge is -2.26. The smallest absolute Gasteiger partial charge is 0.0885 e. The van der Waals surface area contributed by atoms with Crippen molar-refractivity contribution >= 4 is 10.8 Å². The molecule has 90 valence electrons. The Bertz CT molecular complexity index is 195. The van der Waals surface area contributed by atoms with Gasteiger partial charge in [0.15, 0.2) is 0 Å². The SMILES string of the molecule is O=S(CCN1CCCCC1)CC(O)CO. The van der Waals surface area contributed by atoms with Crippen LogP contribution in [0.5, 0.6) is 0 Å². The van der Waals surface area contributed by atoms with E-state index < -0.39 is 16.9 Å². The first-order valence-electron chi connectivity index (χ1n) is 5.58. The van der Waals surface area contributed by atoms with Crippen LogP contribution in [0.4, 0.5) is 0 Å². The summed E-state index contributed by atoms with van der Waals surface area (Å²) in [4.78, 5) is 2.33. The molecule has 1 fully saturated rings. The molecule has 1 saturated heterocycles. The topological polar surface area (TPSA) is 60.8 Å². The summed E-state index contributed by atoms with van der Waals surface area (Å²) in [6.07, 6.45) is 2.97. The summed E-state index contributed by atoms with van der Waals surface area (Å²) in [6, 6.07) is 0. The van der Waals surface area contributed by atoms with Gasteiger partial charge in [0, 0.05) is 23.1 Å². The fourth-order valence-corrected chi connectivity index (χ4v) is 2.93. The average Bonchev–Trinajstić information content (AvgIpc) is 2.27. The van der Waals surface area contributed by atoms with E-state index in [9.17, 15) is 4.21 Å². The van der Waals surface area contributed by atoms with Crippen molar-refractivity contribution in [1.82, 2.24) is 4.90 Å². The van der Waals surface area contributed by atoms with Gasteiger partial charge in [-0.15, -0.1) is 0 Å². The highest BCUT2D eigenvalue weighted by Gasteiger charge is 2.12. The lowest BCUT2D eigenvalue weighted by atomic mass is 10.1. The van der Waals surface area contributed by atoms with Gasteiger partial charge >= 0.3 is 0 Å². The zero-order valence-corrected chi connectivity index (χ0v) is 9.92. The fourth-order valence-electron chi connectivity index (χ4n) is 1.76. The van der Waals surface area contributed by atoms with Crippen LogP contribution < -0.4 is 0 Å². The fraction of sp³-hybridized carbons (Fsp3) is 1.00. The van der Waals surface area contributed by atoms with Gasteiger partial charge in [-0.1, -0.05) is 6.42 Å². The largest absolute Gasteiger partial charge is 0.394 e. The van der Waals surface area contributed by atoms with E-state index in [2.05, 4.69) is 4.90 Å². The number of piperidine rings is 1. The first-order valence-corrected chi connectivity index (χ1v) is 7.07. The van der Waals surface area contributed by atoms with E-state index in [4.69, 9.17) is 10.2 Å². The van der Waals surface area contributed by atoms with Crippen molar-refractivity contribution in [3.63, 3.8) is 0 Å². The Balaban J connectivity index is 2.10. The predicted molar refractivity (Wildman–Crippen MR) is 61.3 cm³/mol. The molecule has 0 aromatic rings. The van der Waals surface area contributed by atoms with E-state index in [0.29, 0.717) is 5.75 Å². The molecule has 2 N–H and O–H groups in total. The molecule has 0 aliphatic carbocycles. The molecule has 1 aliphatic rings. The number of aliphatic hydroxyl groups excluding tert-OH is 2. The van der Waals surface area contributed by atoms with Crippen molar-refractivity contribution in [3.8, 4) is 0 Å². The third kappa shape index (κ3) is 5.61. The molecular weight excluding hydrogens is 214 g/mol. The summed E-state index contributed by atoms with van der Waals surface area (Å²) in [5.41, 5.74) is 0. The molecule has 0 radical (unpaired) electrons. The van der Waals surface area contributed by atoms with Crippen LogP contribution in [0, 0.1) is 0 Å². The molecule has 0 aromatic heterocycles. The lowest BCUT2D eigenvalue weighted by Crippen LogP contribution is -2.34. The highest BCUT2D eigenvalue weighted by molar-refractivity contribution is 7.85. The maximum absolute atomic E-state index is 11.5. The maximum Gasteiger partial charge on any atom is 0.0885 e. The molecule has 2 unspecified atom stereocenters. The standard InChI is InChI=1S/C10H21NO3S/c12-8-10(13)9-15(14)7-6-11-4-2-1-3-5-11/h10,12-13H,1-9H2. The Kier molecular flexibility index (Phi) is 6.40. The van der Waals surface area contributed by atoms with Crippen molar-refractivity contribution in [2.75, 3.05) is 37.7 Å². The van der Waals surface area contributed by atoms with E-state index in [-0.39, 0.29) is 12.4 Å². The summed E-state index contributed by atoms with van der Waals surface area (Å²) >= 11 is 0. The number of nitrogens with zero attached hydrogens (tertiary/aromatic N) is 1. The van der Waals surface area contributed by atoms with Crippen molar-refractivity contribution in [2.24, 2.45) is 0 Å². The van der Waals surface area contributed by atoms with Crippen LogP contribution in [-0.4, -0.2) is 63.2 Å². The first-order chi connectivity index (χ1) is 7.22. The summed E-state index contributed by atoms with van der Waals surface area (Å²) in [5.74, 6) is 0.807. The van der Waals surface area contributed by atoms with Crippen LogP contribution in [0.15, 0.2) is 0 Å². The second-order valence-electron chi connectivity index (χ2n) is 4.05. The molecule has 5 heteroatoms. The Morgan fingerprint density at radius 2 is 1.93 bits per heavy atom. The summed E-state index contributed by atoms with van der Waals surface area (Å²) in [5, 5.41) is 17.7. The van der Waals surface area contributed by atoms with Crippen LogP contribution in [0.2, 0.25) is 0 Å². The van der Waals surface area contributed by atoms with Crippen LogP contribution in [0.1, 0.15) is 19.3 Å². The van der Waals surface area contributed by atoms with Gasteiger partial charge in [-0.3, -0.25) is 4.21 Å². The molecule has 0 spiro atoms. The lowest BCUT2D eigenvalue weighted by molar-refractivity contribution is 0.113. The summed E-state index contributed by atoms with van der Waals surface area (Å²) in [6.45, 7) is 2.78. The number of rotatable bonds is 6. The number of hydrogen-bond acceptors (Lipinski definition) is 4. The van der Waals surface area contributed by atoms with Crippen LogP contribution in [0.3, 0.4) is 0 Å². The third-order valence-electron chi connectivity index (χ3n) is 2.67. The molecule has 0 saturated carbocycles. The van der Waals surface area contributed by atoms with E-state index in [1.165, 1.54) is 19.3 Å². The van der Waals surface area contributed by atoms with E-state index in [1.54, 1.807) is 0 Å². The molecule has 2 atom stereocenters. The first kappa shape index (κ1) is 13.1. The normalized spacial score (nSPS) is 22.5. The van der Waals surface area contributed by atoms with E-state index in [0.717, 1.165) is 19.6 Å². The minimum Gasteiger partial charge on any atom is -0.394 e. The molecule has 15 heavy (non-hydrogen) atoms. The zero-order valence-electron chi connectivity index (χ0n) is 9.10. The molecule has 1 rings (SSSR count).